The second-order valence-electron chi connectivity index (χ2n) is 4.25. The average Bonchev–Trinajstić information content (AvgIpc) is 2.26. The largest absolute Gasteiger partial charge is 0.508 e. The number of aliphatic hydroxyl groups is 1. The van der Waals surface area contributed by atoms with E-state index in [1.165, 1.54) is 24.3 Å². The lowest BCUT2D eigenvalue weighted by Crippen LogP contribution is -2.50. The summed E-state index contributed by atoms with van der Waals surface area (Å²) in [5.41, 5.74) is 0. The van der Waals surface area contributed by atoms with E-state index in [4.69, 9.17) is 9.84 Å². The molecule has 0 aliphatic heterocycles. The first-order valence-electron chi connectivity index (χ1n) is 5.50. The zero-order chi connectivity index (χ0) is 12.5. The first-order valence-corrected chi connectivity index (χ1v) is 5.50. The van der Waals surface area contributed by atoms with Crippen LogP contribution < -0.4 is 4.74 Å². The third-order valence-electron chi connectivity index (χ3n) is 2.88. The van der Waals surface area contributed by atoms with Gasteiger partial charge < -0.3 is 14.9 Å². The minimum Gasteiger partial charge on any atom is -0.508 e. The summed E-state index contributed by atoms with van der Waals surface area (Å²) in [6.45, 7) is 0. The molecule has 0 spiro atoms. The smallest absolute Gasteiger partial charge is 0.286 e. The molecule has 0 saturated heterocycles. The highest BCUT2D eigenvalue weighted by Gasteiger charge is 2.48. The van der Waals surface area contributed by atoms with Gasteiger partial charge in [0.1, 0.15) is 11.5 Å². The summed E-state index contributed by atoms with van der Waals surface area (Å²) in [4.78, 5) is 0. The van der Waals surface area contributed by atoms with Crippen molar-refractivity contribution in [2.24, 2.45) is 0 Å². The topological polar surface area (TPSA) is 49.7 Å². The van der Waals surface area contributed by atoms with Gasteiger partial charge in [0.15, 0.2) is 6.10 Å². The van der Waals surface area contributed by atoms with Crippen LogP contribution >= 0.6 is 0 Å². The summed E-state index contributed by atoms with van der Waals surface area (Å²) >= 11 is 0. The number of aromatic hydroxyl groups is 1. The van der Waals surface area contributed by atoms with Crippen molar-refractivity contribution >= 4 is 0 Å². The highest BCUT2D eigenvalue weighted by molar-refractivity contribution is 5.30. The lowest BCUT2D eigenvalue weighted by Gasteiger charge is -2.35. The molecule has 5 heteroatoms. The van der Waals surface area contributed by atoms with Gasteiger partial charge in [0.2, 0.25) is 0 Å². The van der Waals surface area contributed by atoms with E-state index >= 15 is 0 Å². The number of benzene rings is 1. The first kappa shape index (κ1) is 12.1. The molecule has 2 N–H and O–H groups in total. The maximum atomic E-state index is 13.5. The Hall–Kier alpha value is -1.36. The fourth-order valence-electron chi connectivity index (χ4n) is 1.96. The fraction of sp³-hybridized carbons (Fsp3) is 0.500. The van der Waals surface area contributed by atoms with Gasteiger partial charge in [-0.1, -0.05) is 0 Å². The van der Waals surface area contributed by atoms with E-state index in [0.717, 1.165) is 0 Å². The van der Waals surface area contributed by atoms with Crippen LogP contribution in [0.3, 0.4) is 0 Å². The van der Waals surface area contributed by atoms with Crippen molar-refractivity contribution in [2.75, 3.05) is 0 Å². The zero-order valence-corrected chi connectivity index (χ0v) is 9.14. The minimum absolute atomic E-state index is 0.0355. The van der Waals surface area contributed by atoms with Gasteiger partial charge in [-0.15, -0.1) is 0 Å². The van der Waals surface area contributed by atoms with Crippen LogP contribution in [-0.2, 0) is 0 Å². The third-order valence-corrected chi connectivity index (χ3v) is 2.88. The predicted molar refractivity (Wildman–Crippen MR) is 57.3 cm³/mol. The summed E-state index contributed by atoms with van der Waals surface area (Å²) in [6.07, 6.45) is -2.33. The summed E-state index contributed by atoms with van der Waals surface area (Å²) in [7, 11) is 0. The van der Waals surface area contributed by atoms with Crippen molar-refractivity contribution in [3.8, 4) is 11.5 Å². The van der Waals surface area contributed by atoms with Crippen LogP contribution in [0.25, 0.3) is 0 Å². The molecule has 94 valence electrons. The van der Waals surface area contributed by atoms with Gasteiger partial charge >= 0.3 is 0 Å². The van der Waals surface area contributed by atoms with E-state index in [1.54, 1.807) is 0 Å². The number of phenolic OH excluding ortho intramolecular Hbond substituents is 1. The van der Waals surface area contributed by atoms with Gasteiger partial charge in [-0.05, 0) is 37.1 Å². The normalized spacial score (nSPS) is 27.7. The number of alkyl halides is 2. The Morgan fingerprint density at radius 1 is 1.24 bits per heavy atom. The summed E-state index contributed by atoms with van der Waals surface area (Å²) < 4.78 is 32.2. The van der Waals surface area contributed by atoms with Crippen molar-refractivity contribution in [3.63, 3.8) is 0 Å². The summed E-state index contributed by atoms with van der Waals surface area (Å²) in [6, 6.07) is 5.49. The Kier molecular flexibility index (Phi) is 3.19. The van der Waals surface area contributed by atoms with E-state index in [1.807, 2.05) is 0 Å². The summed E-state index contributed by atoms with van der Waals surface area (Å²) in [5, 5.41) is 18.6. The Morgan fingerprint density at radius 2 is 1.88 bits per heavy atom. The van der Waals surface area contributed by atoms with Crippen molar-refractivity contribution in [2.45, 2.75) is 37.4 Å². The van der Waals surface area contributed by atoms with Gasteiger partial charge in [0.25, 0.3) is 5.92 Å². The standard InChI is InChI=1S/C12H14F2O3/c13-12(14)7-1-2-10(16)11(12)17-9-5-3-8(15)4-6-9/h3-6,10-11,15-16H,1-2,7H2. The molecule has 2 atom stereocenters. The molecule has 1 saturated carbocycles. The maximum absolute atomic E-state index is 13.5. The molecule has 2 rings (SSSR count). The number of hydrogen-bond acceptors (Lipinski definition) is 3. The minimum atomic E-state index is -3.02. The highest BCUT2D eigenvalue weighted by Crippen LogP contribution is 2.36. The van der Waals surface area contributed by atoms with E-state index in [9.17, 15) is 13.9 Å². The van der Waals surface area contributed by atoms with E-state index < -0.39 is 18.1 Å². The Balaban J connectivity index is 2.12. The monoisotopic (exact) mass is 244 g/mol. The van der Waals surface area contributed by atoms with E-state index in [0.29, 0.717) is 12.8 Å². The molecule has 0 amide bonds. The molecule has 1 aliphatic rings. The molecule has 1 aromatic rings. The fourth-order valence-corrected chi connectivity index (χ4v) is 1.96. The highest BCUT2D eigenvalue weighted by atomic mass is 19.3. The van der Waals surface area contributed by atoms with Gasteiger partial charge in [-0.2, -0.15) is 0 Å². The van der Waals surface area contributed by atoms with E-state index in [2.05, 4.69) is 0 Å². The SMILES string of the molecule is Oc1ccc(OC2C(O)CCCC2(F)F)cc1. The first-order chi connectivity index (χ1) is 7.99. The number of halogens is 2. The second-order valence-corrected chi connectivity index (χ2v) is 4.25. The maximum Gasteiger partial charge on any atom is 0.286 e. The molecule has 1 aliphatic carbocycles. The average molecular weight is 244 g/mol. The molecule has 0 bridgehead atoms. The molecular formula is C12H14F2O3. The molecule has 17 heavy (non-hydrogen) atoms. The number of hydrogen-bond donors (Lipinski definition) is 2. The van der Waals surface area contributed by atoms with E-state index in [-0.39, 0.29) is 17.9 Å². The number of aliphatic hydroxyl groups excluding tert-OH is 1. The number of ether oxygens (including phenoxy) is 1. The molecule has 0 heterocycles. The van der Waals surface area contributed by atoms with Crippen molar-refractivity contribution in [3.05, 3.63) is 24.3 Å². The van der Waals surface area contributed by atoms with Crippen LogP contribution in [0.5, 0.6) is 11.5 Å². The molecule has 2 unspecified atom stereocenters. The van der Waals surface area contributed by atoms with Crippen LogP contribution in [0.4, 0.5) is 8.78 Å². The zero-order valence-electron chi connectivity index (χ0n) is 9.14. The van der Waals surface area contributed by atoms with Gasteiger partial charge in [-0.3, -0.25) is 0 Å². The summed E-state index contributed by atoms with van der Waals surface area (Å²) in [5.74, 6) is -2.77. The molecule has 1 fully saturated rings. The van der Waals surface area contributed by atoms with Crippen molar-refractivity contribution in [1.29, 1.82) is 0 Å². The van der Waals surface area contributed by atoms with Crippen LogP contribution in [0, 0.1) is 0 Å². The van der Waals surface area contributed by atoms with Crippen LogP contribution in [0.2, 0.25) is 0 Å². The Labute approximate surface area is 97.6 Å². The molecule has 0 aromatic heterocycles. The second kappa shape index (κ2) is 4.49. The Bertz CT molecular complexity index is 378. The van der Waals surface area contributed by atoms with Gasteiger partial charge in [0, 0.05) is 6.42 Å². The molecule has 1 aromatic carbocycles. The van der Waals surface area contributed by atoms with Gasteiger partial charge in [-0.25, -0.2) is 8.78 Å². The molecule has 0 radical (unpaired) electrons. The predicted octanol–water partition coefficient (Wildman–Crippen LogP) is 2.32. The molecule has 3 nitrogen and oxygen atoms in total. The third kappa shape index (κ3) is 2.66. The van der Waals surface area contributed by atoms with Crippen LogP contribution in [-0.4, -0.2) is 28.3 Å². The number of phenols is 1. The van der Waals surface area contributed by atoms with Crippen LogP contribution in [0.15, 0.2) is 24.3 Å². The van der Waals surface area contributed by atoms with Crippen molar-refractivity contribution < 1.29 is 23.7 Å². The number of rotatable bonds is 2. The lowest BCUT2D eigenvalue weighted by atomic mass is 9.91. The Morgan fingerprint density at radius 3 is 2.47 bits per heavy atom. The van der Waals surface area contributed by atoms with Crippen molar-refractivity contribution in [1.82, 2.24) is 0 Å². The van der Waals surface area contributed by atoms with Crippen LogP contribution in [0.1, 0.15) is 19.3 Å². The lowest BCUT2D eigenvalue weighted by molar-refractivity contribution is -0.163. The quantitative estimate of drug-likeness (QED) is 0.839. The van der Waals surface area contributed by atoms with Gasteiger partial charge in [0.05, 0.1) is 6.10 Å². The molecular weight excluding hydrogens is 230 g/mol.